The molecule has 0 bridgehead atoms. The molecule has 0 saturated heterocycles. The van der Waals surface area contributed by atoms with Crippen molar-refractivity contribution in [3.63, 3.8) is 0 Å². The van der Waals surface area contributed by atoms with Crippen LogP contribution in [0, 0.1) is 5.41 Å². The highest BCUT2D eigenvalue weighted by molar-refractivity contribution is 6.35. The lowest BCUT2D eigenvalue weighted by atomic mass is 9.95. The van der Waals surface area contributed by atoms with Crippen molar-refractivity contribution in [2.45, 2.75) is 20.8 Å². The van der Waals surface area contributed by atoms with Gasteiger partial charge >= 0.3 is 0 Å². The van der Waals surface area contributed by atoms with E-state index in [1.807, 2.05) is 0 Å². The van der Waals surface area contributed by atoms with Crippen molar-refractivity contribution >= 4 is 11.7 Å². The summed E-state index contributed by atoms with van der Waals surface area (Å²) in [7, 11) is 0. The second-order valence-corrected chi connectivity index (χ2v) is 3.56. The molecule has 2 N–H and O–H groups in total. The molecular formula is C8H15NO3. The number of aliphatic hydroxyl groups excluding tert-OH is 1. The molecule has 0 aromatic heterocycles. The molecule has 0 unspecified atom stereocenters. The van der Waals surface area contributed by atoms with Crippen LogP contribution in [0.3, 0.4) is 0 Å². The number of hydrogen-bond donors (Lipinski definition) is 2. The van der Waals surface area contributed by atoms with E-state index in [1.165, 1.54) is 6.92 Å². The van der Waals surface area contributed by atoms with Crippen LogP contribution < -0.4 is 5.32 Å². The first-order chi connectivity index (χ1) is 5.39. The molecule has 0 atom stereocenters. The summed E-state index contributed by atoms with van der Waals surface area (Å²) < 4.78 is 0. The number of hydrogen-bond acceptors (Lipinski definition) is 3. The van der Waals surface area contributed by atoms with Gasteiger partial charge in [-0.25, -0.2) is 0 Å². The van der Waals surface area contributed by atoms with E-state index in [0.29, 0.717) is 6.54 Å². The summed E-state index contributed by atoms with van der Waals surface area (Å²) in [4.78, 5) is 21.2. The van der Waals surface area contributed by atoms with Gasteiger partial charge in [0.2, 0.25) is 5.78 Å². The zero-order valence-electron chi connectivity index (χ0n) is 7.68. The van der Waals surface area contributed by atoms with Gasteiger partial charge < -0.3 is 10.4 Å². The summed E-state index contributed by atoms with van der Waals surface area (Å²) in [5.74, 6) is -1.11. The van der Waals surface area contributed by atoms with Crippen LogP contribution in [-0.2, 0) is 9.59 Å². The highest BCUT2D eigenvalue weighted by Crippen LogP contribution is 2.10. The van der Waals surface area contributed by atoms with Gasteiger partial charge in [0, 0.05) is 25.5 Å². The van der Waals surface area contributed by atoms with Gasteiger partial charge in [-0.05, 0) is 0 Å². The predicted molar refractivity (Wildman–Crippen MR) is 44.6 cm³/mol. The topological polar surface area (TPSA) is 66.4 Å². The summed E-state index contributed by atoms with van der Waals surface area (Å²) >= 11 is 0. The Labute approximate surface area is 72.0 Å². The molecule has 0 radical (unpaired) electrons. The molecule has 0 aromatic rings. The van der Waals surface area contributed by atoms with Crippen molar-refractivity contribution in [3.8, 4) is 0 Å². The Balaban J connectivity index is 3.83. The van der Waals surface area contributed by atoms with Crippen molar-refractivity contribution in [1.29, 1.82) is 0 Å². The molecule has 0 aliphatic heterocycles. The minimum atomic E-state index is -0.600. The first-order valence-corrected chi connectivity index (χ1v) is 3.79. The van der Waals surface area contributed by atoms with Gasteiger partial charge in [-0.1, -0.05) is 13.8 Å². The maximum atomic E-state index is 10.8. The Morgan fingerprint density at radius 3 is 2.25 bits per heavy atom. The van der Waals surface area contributed by atoms with Crippen LogP contribution in [0.4, 0.5) is 0 Å². The van der Waals surface area contributed by atoms with Gasteiger partial charge in [-0.15, -0.1) is 0 Å². The number of amides is 1. The number of carbonyl (C=O) groups excluding carboxylic acids is 2. The molecule has 0 aliphatic carbocycles. The normalized spacial score (nSPS) is 11.0. The molecule has 70 valence electrons. The van der Waals surface area contributed by atoms with Crippen molar-refractivity contribution in [1.82, 2.24) is 5.32 Å². The Kier molecular flexibility index (Phi) is 3.89. The average molecular weight is 173 g/mol. The molecule has 0 saturated carbocycles. The smallest absolute Gasteiger partial charge is 0.287 e. The molecule has 4 nitrogen and oxygen atoms in total. The lowest BCUT2D eigenvalue weighted by molar-refractivity contribution is -0.137. The Hall–Kier alpha value is -0.900. The molecule has 0 aliphatic rings. The SMILES string of the molecule is CC(=O)C(=O)NCC(C)(C)CO. The van der Waals surface area contributed by atoms with Crippen LogP contribution in [0.25, 0.3) is 0 Å². The molecule has 0 aromatic carbocycles. The largest absolute Gasteiger partial charge is 0.396 e. The standard InChI is InChI=1S/C8H15NO3/c1-6(11)7(12)9-4-8(2,3)5-10/h10H,4-5H2,1-3H3,(H,9,12). The van der Waals surface area contributed by atoms with Crippen molar-refractivity contribution in [3.05, 3.63) is 0 Å². The molecule has 12 heavy (non-hydrogen) atoms. The zero-order valence-corrected chi connectivity index (χ0v) is 7.68. The first kappa shape index (κ1) is 11.1. The van der Waals surface area contributed by atoms with Gasteiger partial charge in [-0.2, -0.15) is 0 Å². The summed E-state index contributed by atoms with van der Waals surface area (Å²) in [6, 6.07) is 0. The first-order valence-electron chi connectivity index (χ1n) is 3.79. The van der Waals surface area contributed by atoms with Crippen molar-refractivity contribution < 1.29 is 14.7 Å². The molecule has 0 heterocycles. The third kappa shape index (κ3) is 4.08. The van der Waals surface area contributed by atoms with Crippen LogP contribution in [-0.4, -0.2) is 29.9 Å². The summed E-state index contributed by atoms with van der Waals surface area (Å²) in [5, 5.41) is 11.2. The third-order valence-electron chi connectivity index (χ3n) is 1.48. The lowest BCUT2D eigenvalue weighted by Crippen LogP contribution is -2.38. The van der Waals surface area contributed by atoms with E-state index in [2.05, 4.69) is 5.32 Å². The van der Waals surface area contributed by atoms with Crippen molar-refractivity contribution in [2.75, 3.05) is 13.2 Å². The number of carbonyl (C=O) groups is 2. The molecule has 0 spiro atoms. The highest BCUT2D eigenvalue weighted by Gasteiger charge is 2.18. The third-order valence-corrected chi connectivity index (χ3v) is 1.48. The predicted octanol–water partition coefficient (Wildman–Crippen LogP) is -0.290. The Bertz CT molecular complexity index is 187. The number of nitrogens with one attached hydrogen (secondary N) is 1. The second-order valence-electron chi connectivity index (χ2n) is 3.56. The number of aliphatic hydroxyl groups is 1. The Morgan fingerprint density at radius 1 is 1.42 bits per heavy atom. The maximum Gasteiger partial charge on any atom is 0.287 e. The molecular weight excluding hydrogens is 158 g/mol. The monoisotopic (exact) mass is 173 g/mol. The quantitative estimate of drug-likeness (QED) is 0.574. The fourth-order valence-electron chi connectivity index (χ4n) is 0.500. The van der Waals surface area contributed by atoms with E-state index in [1.54, 1.807) is 13.8 Å². The molecule has 0 fully saturated rings. The number of rotatable bonds is 4. The van der Waals surface area contributed by atoms with Crippen LogP contribution in [0.15, 0.2) is 0 Å². The number of Topliss-reactive ketones (excluding diaryl/α,β-unsaturated/α-hetero) is 1. The molecule has 4 heteroatoms. The van der Waals surface area contributed by atoms with Gasteiger partial charge in [0.05, 0.1) is 0 Å². The Morgan fingerprint density at radius 2 is 1.92 bits per heavy atom. The average Bonchev–Trinajstić information content (AvgIpc) is 2.00. The van der Waals surface area contributed by atoms with E-state index in [0.717, 1.165) is 0 Å². The maximum absolute atomic E-state index is 10.8. The number of ketones is 1. The summed E-state index contributed by atoms with van der Waals surface area (Å²) in [6.07, 6.45) is 0. The van der Waals surface area contributed by atoms with Gasteiger partial charge in [0.15, 0.2) is 0 Å². The zero-order chi connectivity index (χ0) is 9.78. The van der Waals surface area contributed by atoms with E-state index >= 15 is 0 Å². The fraction of sp³-hybridized carbons (Fsp3) is 0.750. The van der Waals surface area contributed by atoms with Crippen LogP contribution in [0.1, 0.15) is 20.8 Å². The lowest BCUT2D eigenvalue weighted by Gasteiger charge is -2.21. The van der Waals surface area contributed by atoms with Crippen molar-refractivity contribution in [2.24, 2.45) is 5.41 Å². The minimum absolute atomic E-state index is 0.0226. The van der Waals surface area contributed by atoms with Crippen LogP contribution in [0.2, 0.25) is 0 Å². The summed E-state index contributed by atoms with van der Waals surface area (Å²) in [5.41, 5.74) is -0.370. The minimum Gasteiger partial charge on any atom is -0.396 e. The van der Waals surface area contributed by atoms with Gasteiger partial charge in [-0.3, -0.25) is 9.59 Å². The van der Waals surface area contributed by atoms with Gasteiger partial charge in [0.25, 0.3) is 5.91 Å². The summed E-state index contributed by atoms with van der Waals surface area (Å²) in [6.45, 7) is 5.09. The van der Waals surface area contributed by atoms with E-state index in [4.69, 9.17) is 5.11 Å². The van der Waals surface area contributed by atoms with E-state index in [-0.39, 0.29) is 12.0 Å². The molecule has 0 rings (SSSR count). The molecule has 1 amide bonds. The fourth-order valence-corrected chi connectivity index (χ4v) is 0.500. The van der Waals surface area contributed by atoms with E-state index in [9.17, 15) is 9.59 Å². The van der Waals surface area contributed by atoms with E-state index < -0.39 is 11.7 Å². The highest BCUT2D eigenvalue weighted by atomic mass is 16.3. The second kappa shape index (κ2) is 4.21. The van der Waals surface area contributed by atoms with Crippen LogP contribution >= 0.6 is 0 Å². The van der Waals surface area contributed by atoms with Crippen LogP contribution in [0.5, 0.6) is 0 Å². The van der Waals surface area contributed by atoms with Gasteiger partial charge in [0.1, 0.15) is 0 Å².